The largest absolute Gasteiger partial charge is 0.423 e. The molecule has 0 aromatic carbocycles. The molecule has 6 nitrogen and oxygen atoms in total. The minimum Gasteiger partial charge on any atom is -0.423 e. The highest BCUT2D eigenvalue weighted by atomic mass is 32.1. The molecule has 7 heteroatoms. The Hall–Kier alpha value is -1.73. The van der Waals surface area contributed by atoms with Gasteiger partial charge in [-0.2, -0.15) is 0 Å². The zero-order chi connectivity index (χ0) is 16.2. The Morgan fingerprint density at radius 3 is 2.96 bits per heavy atom. The van der Waals surface area contributed by atoms with E-state index in [0.29, 0.717) is 38.0 Å². The summed E-state index contributed by atoms with van der Waals surface area (Å²) < 4.78 is 11.0. The van der Waals surface area contributed by atoms with Crippen LogP contribution in [0.1, 0.15) is 40.4 Å². The van der Waals surface area contributed by atoms with Gasteiger partial charge in [-0.05, 0) is 31.9 Å². The molecule has 23 heavy (non-hydrogen) atoms. The van der Waals surface area contributed by atoms with Gasteiger partial charge in [0.1, 0.15) is 6.04 Å². The summed E-state index contributed by atoms with van der Waals surface area (Å²) in [7, 11) is 0. The second kappa shape index (κ2) is 7.23. The molecule has 1 saturated heterocycles. The molecule has 1 atom stereocenters. The summed E-state index contributed by atoms with van der Waals surface area (Å²) >= 11 is 1.80. The fourth-order valence-corrected chi connectivity index (χ4v) is 3.66. The lowest BCUT2D eigenvalue weighted by molar-refractivity contribution is -0.141. The van der Waals surface area contributed by atoms with E-state index in [1.54, 1.807) is 18.3 Å². The van der Waals surface area contributed by atoms with Crippen molar-refractivity contribution in [1.82, 2.24) is 15.1 Å². The molecule has 3 heterocycles. The summed E-state index contributed by atoms with van der Waals surface area (Å²) in [4.78, 5) is 17.0. The molecule has 2 aromatic rings. The van der Waals surface area contributed by atoms with Gasteiger partial charge in [0.25, 0.3) is 0 Å². The van der Waals surface area contributed by atoms with E-state index in [-0.39, 0.29) is 11.9 Å². The second-order valence-corrected chi connectivity index (χ2v) is 7.08. The van der Waals surface area contributed by atoms with E-state index in [1.807, 2.05) is 4.90 Å². The van der Waals surface area contributed by atoms with Gasteiger partial charge < -0.3 is 14.1 Å². The smallest absolute Gasteiger partial charge is 0.241 e. The van der Waals surface area contributed by atoms with Crippen LogP contribution >= 0.6 is 11.3 Å². The van der Waals surface area contributed by atoms with Crippen molar-refractivity contribution < 1.29 is 13.9 Å². The van der Waals surface area contributed by atoms with Gasteiger partial charge in [-0.25, -0.2) is 0 Å². The Morgan fingerprint density at radius 2 is 2.26 bits per heavy atom. The molecular weight excluding hydrogens is 314 g/mol. The standard InChI is InChI=1S/C16H21N3O3S/c1-11-6-7-13(23-11)4-3-5-15(20)19-8-9-21-10-14(19)16-18-17-12(2)22-16/h6-7,14H,3-5,8-10H2,1-2H3/t14-/m1/s1. The molecule has 1 fully saturated rings. The molecule has 0 aliphatic carbocycles. The van der Waals surface area contributed by atoms with Crippen LogP contribution in [0.3, 0.4) is 0 Å². The summed E-state index contributed by atoms with van der Waals surface area (Å²) in [5.74, 6) is 1.10. The Bertz CT molecular complexity index is 667. The van der Waals surface area contributed by atoms with E-state index < -0.39 is 0 Å². The average Bonchev–Trinajstić information content (AvgIpc) is 3.16. The molecule has 0 saturated carbocycles. The maximum absolute atomic E-state index is 12.6. The number of hydrogen-bond donors (Lipinski definition) is 0. The first-order valence-electron chi connectivity index (χ1n) is 7.86. The SMILES string of the molecule is Cc1nnc([C@H]2COCCN2C(=O)CCCc2ccc(C)s2)o1. The maximum atomic E-state index is 12.6. The number of rotatable bonds is 5. The maximum Gasteiger partial charge on any atom is 0.241 e. The zero-order valence-corrected chi connectivity index (χ0v) is 14.3. The lowest BCUT2D eigenvalue weighted by Gasteiger charge is -2.33. The Balaban J connectivity index is 1.57. The van der Waals surface area contributed by atoms with E-state index in [0.717, 1.165) is 12.8 Å². The first kappa shape index (κ1) is 16.1. The highest BCUT2D eigenvalue weighted by molar-refractivity contribution is 7.11. The van der Waals surface area contributed by atoms with E-state index in [1.165, 1.54) is 9.75 Å². The van der Waals surface area contributed by atoms with Crippen molar-refractivity contribution in [2.24, 2.45) is 0 Å². The van der Waals surface area contributed by atoms with Crippen LogP contribution in [0.15, 0.2) is 16.5 Å². The Kier molecular flexibility index (Phi) is 5.07. The van der Waals surface area contributed by atoms with Crippen molar-refractivity contribution in [2.45, 2.75) is 39.2 Å². The Morgan fingerprint density at radius 1 is 1.39 bits per heavy atom. The summed E-state index contributed by atoms with van der Waals surface area (Å²) in [6.07, 6.45) is 2.32. The third kappa shape index (κ3) is 3.97. The first-order valence-corrected chi connectivity index (χ1v) is 8.67. The fraction of sp³-hybridized carbons (Fsp3) is 0.562. The van der Waals surface area contributed by atoms with E-state index in [4.69, 9.17) is 9.15 Å². The normalized spacial score (nSPS) is 18.3. The van der Waals surface area contributed by atoms with Gasteiger partial charge in [0.2, 0.25) is 17.7 Å². The summed E-state index contributed by atoms with van der Waals surface area (Å²) in [6, 6.07) is 4.00. The second-order valence-electron chi connectivity index (χ2n) is 5.70. The van der Waals surface area contributed by atoms with E-state index in [9.17, 15) is 4.79 Å². The lowest BCUT2D eigenvalue weighted by Crippen LogP contribution is -2.43. The van der Waals surface area contributed by atoms with Gasteiger partial charge >= 0.3 is 0 Å². The summed E-state index contributed by atoms with van der Waals surface area (Å²) in [5.41, 5.74) is 0. The fourth-order valence-electron chi connectivity index (χ4n) is 2.73. The molecule has 0 radical (unpaired) electrons. The number of carbonyl (C=O) groups is 1. The predicted molar refractivity (Wildman–Crippen MR) is 86.3 cm³/mol. The third-order valence-electron chi connectivity index (χ3n) is 3.89. The molecule has 1 aliphatic heterocycles. The van der Waals surface area contributed by atoms with E-state index >= 15 is 0 Å². The minimum atomic E-state index is -0.263. The van der Waals surface area contributed by atoms with Gasteiger partial charge in [-0.15, -0.1) is 21.5 Å². The number of thiophene rings is 1. The van der Waals surface area contributed by atoms with Crippen molar-refractivity contribution >= 4 is 17.2 Å². The molecule has 0 bridgehead atoms. The molecule has 3 rings (SSSR count). The molecule has 1 amide bonds. The van der Waals surface area contributed by atoms with Gasteiger partial charge in [0.15, 0.2) is 0 Å². The van der Waals surface area contributed by atoms with Crippen LogP contribution in [-0.2, 0) is 16.0 Å². The van der Waals surface area contributed by atoms with Crippen molar-refractivity contribution in [3.63, 3.8) is 0 Å². The Labute approximate surface area is 139 Å². The van der Waals surface area contributed by atoms with Crippen molar-refractivity contribution in [1.29, 1.82) is 0 Å². The van der Waals surface area contributed by atoms with Crippen LogP contribution in [0.25, 0.3) is 0 Å². The monoisotopic (exact) mass is 335 g/mol. The number of nitrogens with zero attached hydrogens (tertiary/aromatic N) is 3. The van der Waals surface area contributed by atoms with Gasteiger partial charge in [0, 0.05) is 29.6 Å². The molecule has 1 aliphatic rings. The topological polar surface area (TPSA) is 68.5 Å². The molecule has 124 valence electrons. The number of amides is 1. The summed E-state index contributed by atoms with van der Waals surface area (Å²) in [6.45, 7) is 5.39. The van der Waals surface area contributed by atoms with Crippen LogP contribution in [0.5, 0.6) is 0 Å². The van der Waals surface area contributed by atoms with Crippen molar-refractivity contribution in [3.8, 4) is 0 Å². The molecular formula is C16H21N3O3S. The minimum absolute atomic E-state index is 0.127. The number of morpholine rings is 1. The highest BCUT2D eigenvalue weighted by Gasteiger charge is 2.32. The number of aryl methyl sites for hydroxylation is 3. The van der Waals surface area contributed by atoms with Crippen LogP contribution in [0, 0.1) is 13.8 Å². The van der Waals surface area contributed by atoms with Crippen LogP contribution < -0.4 is 0 Å². The summed E-state index contributed by atoms with van der Waals surface area (Å²) in [5, 5.41) is 7.89. The van der Waals surface area contributed by atoms with Gasteiger partial charge in [-0.1, -0.05) is 0 Å². The lowest BCUT2D eigenvalue weighted by atomic mass is 10.1. The highest BCUT2D eigenvalue weighted by Crippen LogP contribution is 2.25. The number of aromatic nitrogens is 2. The quantitative estimate of drug-likeness (QED) is 0.840. The predicted octanol–water partition coefficient (Wildman–Crippen LogP) is 2.67. The number of carbonyl (C=O) groups excluding carboxylic acids is 1. The molecule has 0 unspecified atom stereocenters. The third-order valence-corrected chi connectivity index (χ3v) is 4.95. The van der Waals surface area contributed by atoms with E-state index in [2.05, 4.69) is 29.3 Å². The van der Waals surface area contributed by atoms with Crippen LogP contribution in [-0.4, -0.2) is 40.8 Å². The van der Waals surface area contributed by atoms with Crippen LogP contribution in [0.4, 0.5) is 0 Å². The molecule has 2 aromatic heterocycles. The molecule has 0 N–H and O–H groups in total. The number of hydrogen-bond acceptors (Lipinski definition) is 6. The first-order chi connectivity index (χ1) is 11.1. The zero-order valence-electron chi connectivity index (χ0n) is 13.4. The van der Waals surface area contributed by atoms with Crippen LogP contribution in [0.2, 0.25) is 0 Å². The number of ether oxygens (including phenoxy) is 1. The van der Waals surface area contributed by atoms with Crippen molar-refractivity contribution in [2.75, 3.05) is 19.8 Å². The average molecular weight is 335 g/mol. The van der Waals surface area contributed by atoms with Gasteiger partial charge in [0.05, 0.1) is 13.2 Å². The van der Waals surface area contributed by atoms with Gasteiger partial charge in [-0.3, -0.25) is 4.79 Å². The van der Waals surface area contributed by atoms with Crippen molar-refractivity contribution in [3.05, 3.63) is 33.7 Å². The molecule has 0 spiro atoms.